The van der Waals surface area contributed by atoms with E-state index in [4.69, 9.17) is 17.2 Å². The lowest BCUT2D eigenvalue weighted by atomic mass is 10.1. The van der Waals surface area contributed by atoms with Crippen LogP contribution in [0, 0.1) is 0 Å². The van der Waals surface area contributed by atoms with Gasteiger partial charge in [-0.15, -0.1) is 24.8 Å². The van der Waals surface area contributed by atoms with Gasteiger partial charge < -0.3 is 97.2 Å². The Bertz CT molecular complexity index is 1750. The van der Waals surface area contributed by atoms with Crippen molar-refractivity contribution in [3.8, 4) is 0 Å². The fourth-order valence-electron chi connectivity index (χ4n) is 6.70. The number of nitrogens with zero attached hydrogens (tertiary/aromatic N) is 12. The van der Waals surface area contributed by atoms with Crippen molar-refractivity contribution in [2.24, 2.45) is 31.9 Å². The monoisotopic (exact) mass is 1080 g/mol. The molecule has 0 unspecified atom stereocenters. The van der Waals surface area contributed by atoms with Crippen molar-refractivity contribution in [1.29, 1.82) is 0 Å². The topological polar surface area (TPSA) is 225 Å². The highest BCUT2D eigenvalue weighted by atomic mass is 79.9. The Kier molecular flexibility index (Phi) is 36.7. The van der Waals surface area contributed by atoms with Crippen molar-refractivity contribution < 1.29 is 79.4 Å². The number of fused-ring (bicyclic) bond motifs is 1. The van der Waals surface area contributed by atoms with Crippen LogP contribution in [0.5, 0.6) is 0 Å². The standard InChI is InChI=1S/C21H35N8.C18H33N9.2BrH.4ClH/c1-3-26-13-14-27(4-2)20-17-18(7-8-19(20)26)24-25-21-28(11-5-9-22)15-16-29(21)12-6-10-23;1-2-3-4-5-12-27-17(21)16(15-22-27)23-24-18-25(10-6-8-19)13-14-26(18)11-7-9-20;;;;;;/h7-8,15-17H,3-6,9-14,22-23H2,1-2H3;13-15,21H,2-12,19-20H2,1H3;6*1H/q+1;;;;;;;/p-1. The summed E-state index contributed by atoms with van der Waals surface area (Å²) >= 11 is 0. The van der Waals surface area contributed by atoms with Gasteiger partial charge in [-0.1, -0.05) is 36.4 Å². The first-order valence-electron chi connectivity index (χ1n) is 20.9. The lowest BCUT2D eigenvalue weighted by Crippen LogP contribution is -3.00. The van der Waals surface area contributed by atoms with E-state index in [-0.39, 0.29) is 83.6 Å². The van der Waals surface area contributed by atoms with Crippen LogP contribution in [0.25, 0.3) is 0 Å². The molecule has 12 N–H and O–H groups in total. The van der Waals surface area contributed by atoms with Gasteiger partial charge in [0.15, 0.2) is 11.5 Å². The summed E-state index contributed by atoms with van der Waals surface area (Å²) in [6.07, 6.45) is 18.4. The third kappa shape index (κ3) is 18.9. The molecule has 0 amide bonds. The Morgan fingerprint density at radius 3 is 1.81 bits per heavy atom. The summed E-state index contributed by atoms with van der Waals surface area (Å²) in [5.41, 5.74) is 29.4. The highest BCUT2D eigenvalue weighted by molar-refractivity contribution is 5.85. The number of benzene rings is 1. The van der Waals surface area contributed by atoms with Crippen LogP contribution in [0.15, 0.2) is 69.6 Å². The smallest absolute Gasteiger partial charge is 0.421 e. The number of azo groups is 2. The number of halogens is 6. The average molecular weight is 1080 g/mol. The molecule has 5 rings (SSSR count). The van der Waals surface area contributed by atoms with Crippen LogP contribution in [-0.4, -0.2) is 71.3 Å². The van der Waals surface area contributed by atoms with Crippen LogP contribution in [-0.2, 0) is 32.7 Å². The van der Waals surface area contributed by atoms with Crippen LogP contribution < -0.4 is 106 Å². The van der Waals surface area contributed by atoms with Gasteiger partial charge in [0.25, 0.3) is 0 Å². The molecule has 17 nitrogen and oxygen atoms in total. The molecule has 0 spiro atoms. The first-order valence-corrected chi connectivity index (χ1v) is 20.9. The van der Waals surface area contributed by atoms with Crippen LogP contribution in [0.1, 0.15) is 72.1 Å². The number of anilines is 3. The molecule has 0 atom stereocenters. The number of hydrogen-bond donors (Lipinski definition) is 5. The minimum Gasteiger partial charge on any atom is -1.00 e. The molecular weight excluding hydrogens is 1010 g/mol. The maximum Gasteiger partial charge on any atom is 0.421 e. The Hall–Kier alpha value is -2.59. The van der Waals surface area contributed by atoms with Gasteiger partial charge in [-0.2, -0.15) is 5.10 Å². The normalized spacial score (nSPS) is 11.7. The van der Waals surface area contributed by atoms with E-state index in [9.17, 15) is 0 Å². The highest BCUT2D eigenvalue weighted by Gasteiger charge is 2.22. The first kappa shape index (κ1) is 63.7. The molecule has 62 heavy (non-hydrogen) atoms. The van der Waals surface area contributed by atoms with Crippen molar-refractivity contribution in [2.75, 3.05) is 67.9 Å². The Balaban J connectivity index is -0.00000103. The second-order valence-electron chi connectivity index (χ2n) is 14.1. The molecule has 0 radical (unpaired) electrons. The number of likely N-dealkylation sites (N-methyl/N-ethyl adjacent to an activating group) is 2. The molecule has 3 aromatic heterocycles. The molecule has 1 aromatic carbocycles. The van der Waals surface area contributed by atoms with E-state index < -0.39 is 0 Å². The van der Waals surface area contributed by atoms with Crippen molar-refractivity contribution in [3.05, 3.63) is 49.2 Å². The van der Waals surface area contributed by atoms with Gasteiger partial charge in [0.05, 0.1) is 81.6 Å². The van der Waals surface area contributed by atoms with Crippen molar-refractivity contribution in [1.82, 2.24) is 18.9 Å². The molecule has 1 aliphatic heterocycles. The summed E-state index contributed by atoms with van der Waals surface area (Å²) in [7, 11) is 0. The van der Waals surface area contributed by atoms with Gasteiger partial charge >= 0.3 is 11.9 Å². The summed E-state index contributed by atoms with van der Waals surface area (Å²) < 4.78 is 10.3. The predicted octanol–water partition coefficient (Wildman–Crippen LogP) is -7.77. The molecular formula is C39H73Br2Cl4N17. The average Bonchev–Trinajstić information content (AvgIpc) is 3.92. The van der Waals surface area contributed by atoms with E-state index in [0.29, 0.717) is 24.6 Å². The van der Waals surface area contributed by atoms with Crippen molar-refractivity contribution in [2.45, 2.75) is 105 Å². The number of aryl methyl sites for hydroxylation is 5. The Morgan fingerprint density at radius 2 is 1.24 bits per heavy atom. The van der Waals surface area contributed by atoms with E-state index in [0.717, 1.165) is 122 Å². The zero-order valence-electron chi connectivity index (χ0n) is 36.8. The van der Waals surface area contributed by atoms with Crippen molar-refractivity contribution in [3.63, 3.8) is 0 Å². The van der Waals surface area contributed by atoms with Gasteiger partial charge in [-0.05, 0) is 64.4 Å². The number of hydrogen-bond acceptors (Lipinski definition) is 10. The van der Waals surface area contributed by atoms with Crippen LogP contribution >= 0.6 is 24.8 Å². The maximum atomic E-state index is 6.19. The quantitative estimate of drug-likeness (QED) is 0.0276. The van der Waals surface area contributed by atoms with E-state index in [2.05, 4.69) is 116 Å². The number of unbranched alkanes of at least 4 members (excludes halogenated alkanes) is 3. The van der Waals surface area contributed by atoms with Crippen LogP contribution in [0.4, 0.5) is 40.5 Å². The molecule has 0 fully saturated rings. The third-order valence-corrected chi connectivity index (χ3v) is 10.0. The summed E-state index contributed by atoms with van der Waals surface area (Å²) in [5, 5.41) is 22.5. The minimum atomic E-state index is 0. The van der Waals surface area contributed by atoms with E-state index >= 15 is 0 Å². The molecule has 4 aromatic rings. The summed E-state index contributed by atoms with van der Waals surface area (Å²) in [6, 6.07) is 6.44. The largest absolute Gasteiger partial charge is 1.00 e. The first-order chi connectivity index (χ1) is 27.4. The van der Waals surface area contributed by atoms with Crippen LogP contribution in [0.2, 0.25) is 0 Å². The number of imidazole rings is 2. The second kappa shape index (κ2) is 35.7. The molecule has 23 heteroatoms. The number of nitrogen functional groups attached to an aromatic ring is 1. The van der Waals surface area contributed by atoms with E-state index in [1.807, 2.05) is 12.4 Å². The Morgan fingerprint density at radius 1 is 0.677 bits per heavy atom. The second-order valence-corrected chi connectivity index (χ2v) is 14.1. The summed E-state index contributed by atoms with van der Waals surface area (Å²) in [5.74, 6) is 2.22. The van der Waals surface area contributed by atoms with Crippen molar-refractivity contribution >= 4 is 65.3 Å². The highest BCUT2D eigenvalue weighted by Crippen LogP contribution is 2.36. The number of quaternary nitrogens is 2. The third-order valence-electron chi connectivity index (χ3n) is 10.0. The summed E-state index contributed by atoms with van der Waals surface area (Å²) in [4.78, 5) is 4.85. The van der Waals surface area contributed by atoms with Gasteiger partial charge in [0.1, 0.15) is 5.69 Å². The minimum absolute atomic E-state index is 0. The molecule has 0 saturated heterocycles. The predicted molar refractivity (Wildman–Crippen MR) is 237 cm³/mol. The molecule has 1 aliphatic rings. The van der Waals surface area contributed by atoms with Gasteiger partial charge in [-0.25, -0.2) is 23.0 Å². The summed E-state index contributed by atoms with van der Waals surface area (Å²) in [6.45, 7) is 18.1. The zero-order valence-corrected chi connectivity index (χ0v) is 43.1. The molecule has 4 heterocycles. The SMILES string of the molecule is CCCCCCn1ncc(N=Nc2n(CCCN)cc[n+]2CCCN)c1N.CCN1CCN(CC)c2cc(N=Nc3n(CCC[NH3+])cc[n+]3CCC[NH3+])ccc21.Cl.Cl.[Br-].[Br-].[Cl-].[Cl-]. The lowest BCUT2D eigenvalue weighted by molar-refractivity contribution is -0.686. The van der Waals surface area contributed by atoms with Gasteiger partial charge in [-0.3, -0.25) is 0 Å². The number of aromatic nitrogens is 6. The van der Waals surface area contributed by atoms with Gasteiger partial charge in [0.2, 0.25) is 0 Å². The van der Waals surface area contributed by atoms with E-state index in [1.54, 1.807) is 10.9 Å². The molecule has 0 saturated carbocycles. The number of rotatable bonds is 23. The lowest BCUT2D eigenvalue weighted by Gasteiger charge is -2.38. The fourth-order valence-corrected chi connectivity index (χ4v) is 6.70. The fraction of sp³-hybridized carbons (Fsp3) is 0.615. The van der Waals surface area contributed by atoms with E-state index in [1.165, 1.54) is 30.6 Å². The molecule has 356 valence electrons. The molecule has 0 bridgehead atoms. The Labute approximate surface area is 414 Å². The van der Waals surface area contributed by atoms with Crippen LogP contribution in [0.3, 0.4) is 0 Å². The maximum absolute atomic E-state index is 6.19. The van der Waals surface area contributed by atoms with Gasteiger partial charge in [0, 0.05) is 55.8 Å². The molecule has 0 aliphatic carbocycles. The zero-order chi connectivity index (χ0) is 40.1. The number of nitrogens with two attached hydrogens (primary N) is 3.